The number of benzene rings is 2. The van der Waals surface area contributed by atoms with Gasteiger partial charge in [0.05, 0.1) is 4.47 Å². The van der Waals surface area contributed by atoms with Crippen LogP contribution in [0.4, 0.5) is 0 Å². The number of halogens is 2. The Kier molecular flexibility index (Phi) is 10.2. The van der Waals surface area contributed by atoms with E-state index in [9.17, 15) is 9.59 Å². The molecular weight excluding hydrogens is 504 g/mol. The van der Waals surface area contributed by atoms with E-state index < -0.39 is 6.04 Å². The van der Waals surface area contributed by atoms with Crippen LogP contribution in [0.3, 0.4) is 0 Å². The molecule has 5 nitrogen and oxygen atoms in total. The molecule has 0 saturated carbocycles. The summed E-state index contributed by atoms with van der Waals surface area (Å²) in [4.78, 5) is 27.7. The van der Waals surface area contributed by atoms with Crippen LogP contribution >= 0.6 is 27.5 Å². The van der Waals surface area contributed by atoms with Crippen molar-refractivity contribution in [1.82, 2.24) is 10.2 Å². The molecule has 0 fully saturated rings. The summed E-state index contributed by atoms with van der Waals surface area (Å²) in [6.45, 7) is 11.0. The van der Waals surface area contributed by atoms with Crippen LogP contribution in [0.25, 0.3) is 0 Å². The standard InChI is InChI=1S/C26H34BrClN2O3/c1-6-14-29-25(32)22(7-2)30(16-18-8-11-20(28)12-9-18)24(31)17-33-23-13-10-19(15-21(23)27)26(3,4)5/h8-13,15,22H,6-7,14,16-17H2,1-5H3,(H,29,32). The molecule has 2 aromatic rings. The topological polar surface area (TPSA) is 58.6 Å². The van der Waals surface area contributed by atoms with Crippen molar-refractivity contribution >= 4 is 39.3 Å². The second-order valence-corrected chi connectivity index (χ2v) is 10.3. The highest BCUT2D eigenvalue weighted by Crippen LogP contribution is 2.31. The number of ether oxygens (including phenoxy) is 1. The summed E-state index contributed by atoms with van der Waals surface area (Å²) in [6.07, 6.45) is 1.33. The number of carbonyl (C=O) groups is 2. The number of amides is 2. The van der Waals surface area contributed by atoms with Crippen molar-refractivity contribution in [3.05, 3.63) is 63.1 Å². The zero-order valence-corrected chi connectivity index (χ0v) is 22.4. The van der Waals surface area contributed by atoms with E-state index in [2.05, 4.69) is 42.0 Å². The molecule has 7 heteroatoms. The van der Waals surface area contributed by atoms with E-state index in [4.69, 9.17) is 16.3 Å². The summed E-state index contributed by atoms with van der Waals surface area (Å²) in [5.74, 6) is 0.180. The van der Waals surface area contributed by atoms with Crippen LogP contribution in [0.5, 0.6) is 5.75 Å². The molecule has 2 aromatic carbocycles. The van der Waals surface area contributed by atoms with Crippen LogP contribution in [0.2, 0.25) is 5.02 Å². The Balaban J connectivity index is 2.21. The van der Waals surface area contributed by atoms with Crippen molar-refractivity contribution in [3.8, 4) is 5.75 Å². The van der Waals surface area contributed by atoms with E-state index >= 15 is 0 Å². The van der Waals surface area contributed by atoms with Crippen molar-refractivity contribution in [1.29, 1.82) is 0 Å². The minimum Gasteiger partial charge on any atom is -0.483 e. The van der Waals surface area contributed by atoms with Crippen LogP contribution in [-0.2, 0) is 21.5 Å². The van der Waals surface area contributed by atoms with Gasteiger partial charge in [-0.05, 0) is 69.6 Å². The molecule has 1 atom stereocenters. The molecule has 0 aliphatic carbocycles. The Morgan fingerprint density at radius 2 is 1.79 bits per heavy atom. The van der Waals surface area contributed by atoms with Gasteiger partial charge in [-0.2, -0.15) is 0 Å². The van der Waals surface area contributed by atoms with E-state index in [1.54, 1.807) is 17.0 Å². The first-order chi connectivity index (χ1) is 15.6. The fourth-order valence-corrected chi connectivity index (χ4v) is 4.00. The van der Waals surface area contributed by atoms with Gasteiger partial charge in [0, 0.05) is 18.1 Å². The average molecular weight is 538 g/mol. The predicted octanol–water partition coefficient (Wildman–Crippen LogP) is 6.11. The van der Waals surface area contributed by atoms with E-state index in [-0.39, 0.29) is 23.8 Å². The molecule has 1 N–H and O–H groups in total. The van der Waals surface area contributed by atoms with Crippen LogP contribution in [-0.4, -0.2) is 35.9 Å². The highest BCUT2D eigenvalue weighted by atomic mass is 79.9. The molecule has 0 saturated heterocycles. The molecule has 0 aliphatic rings. The molecular formula is C26H34BrClN2O3. The van der Waals surface area contributed by atoms with Gasteiger partial charge in [0.2, 0.25) is 5.91 Å². The minimum absolute atomic E-state index is 0.00640. The molecule has 1 unspecified atom stereocenters. The molecule has 0 aromatic heterocycles. The van der Waals surface area contributed by atoms with Crippen molar-refractivity contribution in [2.45, 2.75) is 65.5 Å². The molecule has 33 heavy (non-hydrogen) atoms. The first-order valence-corrected chi connectivity index (χ1v) is 12.5. The lowest BCUT2D eigenvalue weighted by molar-refractivity contribution is -0.143. The van der Waals surface area contributed by atoms with Gasteiger partial charge >= 0.3 is 0 Å². The van der Waals surface area contributed by atoms with Crippen molar-refractivity contribution in [2.24, 2.45) is 0 Å². The van der Waals surface area contributed by atoms with Crippen LogP contribution in [0, 0.1) is 0 Å². The van der Waals surface area contributed by atoms with Crippen LogP contribution in [0.15, 0.2) is 46.9 Å². The average Bonchev–Trinajstić information content (AvgIpc) is 2.77. The van der Waals surface area contributed by atoms with E-state index in [0.717, 1.165) is 22.0 Å². The monoisotopic (exact) mass is 536 g/mol. The second kappa shape index (κ2) is 12.4. The third-order valence-corrected chi connectivity index (χ3v) is 6.22. The van der Waals surface area contributed by atoms with E-state index in [1.165, 1.54) is 0 Å². The number of nitrogens with zero attached hydrogens (tertiary/aromatic N) is 1. The van der Waals surface area contributed by atoms with E-state index in [0.29, 0.717) is 30.3 Å². The number of nitrogens with one attached hydrogen (secondary N) is 1. The summed E-state index contributed by atoms with van der Waals surface area (Å²) in [6, 6.07) is 12.6. The summed E-state index contributed by atoms with van der Waals surface area (Å²) < 4.78 is 6.66. The van der Waals surface area contributed by atoms with Crippen molar-refractivity contribution in [2.75, 3.05) is 13.2 Å². The maximum Gasteiger partial charge on any atom is 0.261 e. The molecule has 0 heterocycles. The van der Waals surface area contributed by atoms with Gasteiger partial charge in [0.25, 0.3) is 5.91 Å². The van der Waals surface area contributed by atoms with Crippen molar-refractivity contribution < 1.29 is 14.3 Å². The number of carbonyl (C=O) groups excluding carboxylic acids is 2. The summed E-state index contributed by atoms with van der Waals surface area (Å²) in [5, 5.41) is 3.54. The predicted molar refractivity (Wildman–Crippen MR) is 138 cm³/mol. The third kappa shape index (κ3) is 8.04. The van der Waals surface area contributed by atoms with Gasteiger partial charge in [0.1, 0.15) is 11.8 Å². The first kappa shape index (κ1) is 27.2. The van der Waals surface area contributed by atoms with Gasteiger partial charge < -0.3 is 15.0 Å². The fraction of sp³-hybridized carbons (Fsp3) is 0.462. The second-order valence-electron chi connectivity index (χ2n) is 9.05. The molecule has 2 rings (SSSR count). The largest absolute Gasteiger partial charge is 0.483 e. The number of rotatable bonds is 10. The lowest BCUT2D eigenvalue weighted by Gasteiger charge is -2.30. The Hall–Kier alpha value is -2.05. The first-order valence-electron chi connectivity index (χ1n) is 11.3. The van der Waals surface area contributed by atoms with Gasteiger partial charge in [-0.1, -0.05) is 64.4 Å². The quantitative estimate of drug-likeness (QED) is 0.398. The maximum atomic E-state index is 13.3. The molecule has 180 valence electrons. The van der Waals surface area contributed by atoms with Gasteiger partial charge in [-0.25, -0.2) is 0 Å². The molecule has 2 amide bonds. The molecule has 0 bridgehead atoms. The summed E-state index contributed by atoms with van der Waals surface area (Å²) >= 11 is 9.57. The summed E-state index contributed by atoms with van der Waals surface area (Å²) in [7, 11) is 0. The van der Waals surface area contributed by atoms with Gasteiger partial charge in [0.15, 0.2) is 6.61 Å². The zero-order chi connectivity index (χ0) is 24.6. The normalized spacial score (nSPS) is 12.2. The van der Waals surface area contributed by atoms with Gasteiger partial charge in [-0.3, -0.25) is 9.59 Å². The number of hydrogen-bond donors (Lipinski definition) is 1. The van der Waals surface area contributed by atoms with Gasteiger partial charge in [-0.15, -0.1) is 0 Å². The zero-order valence-electron chi connectivity index (χ0n) is 20.1. The highest BCUT2D eigenvalue weighted by Gasteiger charge is 2.29. The fourth-order valence-electron chi connectivity index (χ4n) is 3.38. The molecule has 0 radical (unpaired) electrons. The van der Waals surface area contributed by atoms with E-state index in [1.807, 2.05) is 44.2 Å². The summed E-state index contributed by atoms with van der Waals surface area (Å²) in [5.41, 5.74) is 2.06. The Labute approximate surface area is 211 Å². The number of hydrogen-bond acceptors (Lipinski definition) is 3. The third-order valence-electron chi connectivity index (χ3n) is 5.35. The Morgan fingerprint density at radius 3 is 2.33 bits per heavy atom. The van der Waals surface area contributed by atoms with Crippen molar-refractivity contribution in [3.63, 3.8) is 0 Å². The smallest absolute Gasteiger partial charge is 0.261 e. The lowest BCUT2D eigenvalue weighted by atomic mass is 9.87. The minimum atomic E-state index is -0.588. The maximum absolute atomic E-state index is 13.3. The lowest BCUT2D eigenvalue weighted by Crippen LogP contribution is -2.50. The van der Waals surface area contributed by atoms with Crippen LogP contribution < -0.4 is 10.1 Å². The Bertz CT molecular complexity index is 942. The molecule has 0 spiro atoms. The van der Waals surface area contributed by atoms with Crippen LogP contribution in [0.1, 0.15) is 58.6 Å². The highest BCUT2D eigenvalue weighted by molar-refractivity contribution is 9.10. The molecule has 0 aliphatic heterocycles. The Morgan fingerprint density at radius 1 is 1.12 bits per heavy atom. The SMILES string of the molecule is CCCNC(=O)C(CC)N(Cc1ccc(Cl)cc1)C(=O)COc1ccc(C(C)(C)C)cc1Br.